The van der Waals surface area contributed by atoms with E-state index in [0.717, 1.165) is 22.6 Å². The zero-order valence-corrected chi connectivity index (χ0v) is 10.3. The van der Waals surface area contributed by atoms with Gasteiger partial charge in [0.25, 0.3) is 0 Å². The van der Waals surface area contributed by atoms with Crippen LogP contribution in [0.3, 0.4) is 0 Å². The van der Waals surface area contributed by atoms with E-state index in [4.69, 9.17) is 0 Å². The van der Waals surface area contributed by atoms with Crippen LogP contribution in [0, 0.1) is 0 Å². The third-order valence-electron chi connectivity index (χ3n) is 1.30. The van der Waals surface area contributed by atoms with Crippen LogP contribution in [0.25, 0.3) is 0 Å². The average Bonchev–Trinajstić information content (AvgIpc) is 2.15. The number of anilines is 1. The predicted octanol–water partition coefficient (Wildman–Crippen LogP) is -2.04. The van der Waals surface area contributed by atoms with Gasteiger partial charge in [0.15, 0.2) is 0 Å². The molecule has 1 N–H and O–H groups in total. The topological polar surface area (TPSA) is 53.5 Å². The molecule has 6 heteroatoms. The van der Waals surface area contributed by atoms with E-state index in [0.29, 0.717) is 0 Å². The van der Waals surface area contributed by atoms with E-state index in [1.165, 1.54) is 0 Å². The van der Waals surface area contributed by atoms with E-state index in [2.05, 4.69) is 14.7 Å². The molecule has 0 heterocycles. The molecule has 1 aromatic rings. The van der Waals surface area contributed by atoms with Crippen LogP contribution in [0.2, 0.25) is 0 Å². The van der Waals surface area contributed by atoms with Gasteiger partial charge >= 0.3 is 29.6 Å². The van der Waals surface area contributed by atoms with E-state index in [1.807, 2.05) is 31.3 Å². The number of hydrogen-bond donors (Lipinski definition) is 1. The van der Waals surface area contributed by atoms with Crippen LogP contribution in [-0.4, -0.2) is 7.05 Å². The van der Waals surface area contributed by atoms with Crippen molar-refractivity contribution in [3.63, 3.8) is 0 Å². The van der Waals surface area contributed by atoms with Gasteiger partial charge < -0.3 is 10.6 Å². The first kappa shape index (κ1) is 13.2. The largest absolute Gasteiger partial charge is 1.00 e. The molecular formula is C7H8NNaO3S. The molecule has 0 aliphatic heterocycles. The molecule has 0 amide bonds. The van der Waals surface area contributed by atoms with Crippen molar-refractivity contribution in [2.45, 2.75) is 4.90 Å². The fourth-order valence-electron chi connectivity index (χ4n) is 0.730. The van der Waals surface area contributed by atoms with Gasteiger partial charge in [-0.25, -0.2) is 0 Å². The smallest absolute Gasteiger partial charge is 0.691 e. The van der Waals surface area contributed by atoms with Crippen LogP contribution < -0.4 is 40.1 Å². The van der Waals surface area contributed by atoms with Crippen molar-refractivity contribution >= 4 is 17.7 Å². The minimum absolute atomic E-state index is 0. The van der Waals surface area contributed by atoms with Gasteiger partial charge in [-0.15, -0.1) is 0 Å². The average molecular weight is 209 g/mol. The maximum absolute atomic E-state index is 9.47. The van der Waals surface area contributed by atoms with Gasteiger partial charge in [-0.2, -0.15) is 4.33 Å². The standard InChI is InChI=1S/C7H9NO3S.Na/c1-8-6-2-4-7(5-3-6)12-11-10-9;/h2-5,8-9H,1H3;/q;+1/p-1. The van der Waals surface area contributed by atoms with Crippen LogP contribution in [0.15, 0.2) is 29.2 Å². The second-order valence-corrected chi connectivity index (χ2v) is 2.77. The molecule has 0 spiro atoms. The molecule has 4 nitrogen and oxygen atoms in total. The maximum atomic E-state index is 9.47. The van der Waals surface area contributed by atoms with Crippen molar-refractivity contribution in [2.75, 3.05) is 12.4 Å². The first-order chi connectivity index (χ1) is 5.86. The van der Waals surface area contributed by atoms with E-state index >= 15 is 0 Å². The summed E-state index contributed by atoms with van der Waals surface area (Å²) in [5.41, 5.74) is 1.00. The van der Waals surface area contributed by atoms with Crippen LogP contribution in [0.5, 0.6) is 0 Å². The van der Waals surface area contributed by atoms with Crippen LogP contribution >= 0.6 is 12.0 Å². The van der Waals surface area contributed by atoms with Crippen molar-refractivity contribution < 1.29 is 44.2 Å². The van der Waals surface area contributed by atoms with Crippen molar-refractivity contribution in [3.8, 4) is 0 Å². The Balaban J connectivity index is 0.00000144. The quantitative estimate of drug-likeness (QED) is 0.268. The summed E-state index contributed by atoms with van der Waals surface area (Å²) in [4.78, 5) is 0.810. The van der Waals surface area contributed by atoms with Gasteiger partial charge in [-0.05, 0) is 24.3 Å². The molecule has 0 radical (unpaired) electrons. The molecular weight excluding hydrogens is 201 g/mol. The number of benzene rings is 1. The second-order valence-electron chi connectivity index (χ2n) is 1.99. The van der Waals surface area contributed by atoms with E-state index in [-0.39, 0.29) is 29.6 Å². The molecule has 0 aliphatic rings. The second kappa shape index (κ2) is 7.64. The summed E-state index contributed by atoms with van der Waals surface area (Å²) in [5.74, 6) is 0. The molecule has 1 aromatic carbocycles. The monoisotopic (exact) mass is 209 g/mol. The molecule has 0 fully saturated rings. The summed E-state index contributed by atoms with van der Waals surface area (Å²) < 4.78 is 4.13. The van der Waals surface area contributed by atoms with E-state index in [1.54, 1.807) is 0 Å². The minimum atomic E-state index is 0. The minimum Gasteiger partial charge on any atom is -0.691 e. The third-order valence-corrected chi connectivity index (χ3v) is 1.89. The molecule has 0 aliphatic carbocycles. The van der Waals surface area contributed by atoms with E-state index < -0.39 is 0 Å². The molecule has 0 atom stereocenters. The van der Waals surface area contributed by atoms with Crippen LogP contribution in [0.1, 0.15) is 0 Å². The maximum Gasteiger partial charge on any atom is 1.00 e. The Kier molecular flexibility index (Phi) is 7.78. The zero-order chi connectivity index (χ0) is 8.81. The fourth-order valence-corrected chi connectivity index (χ4v) is 1.08. The Morgan fingerprint density at radius 2 is 1.92 bits per heavy atom. The van der Waals surface area contributed by atoms with Crippen molar-refractivity contribution in [3.05, 3.63) is 24.3 Å². The predicted molar refractivity (Wildman–Crippen MR) is 44.0 cm³/mol. The van der Waals surface area contributed by atoms with Gasteiger partial charge in [0, 0.05) is 17.6 Å². The molecule has 0 aromatic heterocycles. The number of nitrogens with one attached hydrogen (secondary N) is 1. The first-order valence-electron chi connectivity index (χ1n) is 3.28. The van der Waals surface area contributed by atoms with Crippen LogP contribution in [0.4, 0.5) is 5.69 Å². The Morgan fingerprint density at radius 3 is 2.38 bits per heavy atom. The van der Waals surface area contributed by atoms with Crippen molar-refractivity contribution in [2.24, 2.45) is 0 Å². The molecule has 0 unspecified atom stereocenters. The molecule has 0 saturated heterocycles. The van der Waals surface area contributed by atoms with Gasteiger partial charge in [-0.1, -0.05) is 0 Å². The molecule has 1 rings (SSSR count). The van der Waals surface area contributed by atoms with Gasteiger partial charge in [-0.3, -0.25) is 5.04 Å². The fraction of sp³-hybridized carbons (Fsp3) is 0.143. The summed E-state index contributed by atoms with van der Waals surface area (Å²) in [6.45, 7) is 0. The number of hydrogen-bond acceptors (Lipinski definition) is 5. The van der Waals surface area contributed by atoms with Gasteiger partial charge in [0.05, 0.1) is 12.0 Å². The Morgan fingerprint density at radius 1 is 1.31 bits per heavy atom. The normalized spacial score (nSPS) is 9.08. The summed E-state index contributed by atoms with van der Waals surface area (Å²) >= 11 is 0.877. The molecule has 66 valence electrons. The summed E-state index contributed by atoms with van der Waals surface area (Å²) in [6.07, 6.45) is 0. The molecule has 13 heavy (non-hydrogen) atoms. The van der Waals surface area contributed by atoms with Gasteiger partial charge in [0.2, 0.25) is 0 Å². The Bertz CT molecular complexity index is 232. The van der Waals surface area contributed by atoms with E-state index in [9.17, 15) is 5.26 Å². The summed E-state index contributed by atoms with van der Waals surface area (Å²) in [6, 6.07) is 7.37. The van der Waals surface area contributed by atoms with Crippen molar-refractivity contribution in [1.29, 1.82) is 0 Å². The summed E-state index contributed by atoms with van der Waals surface area (Å²) in [5, 5.41) is 15.6. The van der Waals surface area contributed by atoms with Crippen LogP contribution in [-0.2, 0) is 9.37 Å². The summed E-state index contributed by atoms with van der Waals surface area (Å²) in [7, 11) is 1.83. The molecule has 0 saturated carbocycles. The Labute approximate surface area is 103 Å². The Hall–Kier alpha value is 0.250. The zero-order valence-electron chi connectivity index (χ0n) is 7.44. The van der Waals surface area contributed by atoms with Crippen molar-refractivity contribution in [1.82, 2.24) is 0 Å². The third kappa shape index (κ3) is 4.87. The van der Waals surface area contributed by atoms with Gasteiger partial charge in [0.1, 0.15) is 0 Å². The first-order valence-corrected chi connectivity index (χ1v) is 4.02. The number of rotatable bonds is 4. The SMILES string of the molecule is CNc1ccc(SOO[O-])cc1.[Na+]. The molecule has 0 bridgehead atoms.